The normalized spacial score (nSPS) is 12.3. The van der Waals surface area contributed by atoms with Gasteiger partial charge < -0.3 is 24.1 Å². The maximum absolute atomic E-state index is 12.1. The first-order valence-electron chi connectivity index (χ1n) is 8.27. The number of benzene rings is 1. The molecule has 1 aromatic heterocycles. The van der Waals surface area contributed by atoms with Crippen molar-refractivity contribution >= 4 is 11.0 Å². The fourth-order valence-corrected chi connectivity index (χ4v) is 2.32. The van der Waals surface area contributed by atoms with Gasteiger partial charge in [0.2, 0.25) is 5.75 Å². The summed E-state index contributed by atoms with van der Waals surface area (Å²) in [5.41, 5.74) is -0.609. The van der Waals surface area contributed by atoms with Crippen molar-refractivity contribution < 1.29 is 24.1 Å². The van der Waals surface area contributed by atoms with Gasteiger partial charge in [-0.25, -0.2) is 4.79 Å². The lowest BCUT2D eigenvalue weighted by Crippen LogP contribution is -2.13. The predicted molar refractivity (Wildman–Crippen MR) is 91.0 cm³/mol. The van der Waals surface area contributed by atoms with Crippen LogP contribution in [0.15, 0.2) is 27.4 Å². The minimum atomic E-state index is -0.747. The van der Waals surface area contributed by atoms with Gasteiger partial charge in [-0.05, 0) is 25.5 Å². The number of unbranched alkanes of at least 4 members (excludes halogenated alkanes) is 3. The van der Waals surface area contributed by atoms with Crippen LogP contribution in [-0.2, 0) is 0 Å². The molecule has 0 aliphatic rings. The molecule has 2 aromatic rings. The van der Waals surface area contributed by atoms with Crippen molar-refractivity contribution in [2.75, 3.05) is 13.2 Å². The fraction of sp³-hybridized carbons (Fsp3) is 0.500. The topological polar surface area (TPSA) is 89.1 Å². The largest absolute Gasteiger partial charge is 0.504 e. The van der Waals surface area contributed by atoms with E-state index in [-0.39, 0.29) is 29.4 Å². The third-order valence-corrected chi connectivity index (χ3v) is 3.55. The van der Waals surface area contributed by atoms with E-state index in [2.05, 4.69) is 6.92 Å². The molecule has 24 heavy (non-hydrogen) atoms. The molecule has 1 aromatic carbocycles. The second kappa shape index (κ2) is 8.59. The lowest BCUT2D eigenvalue weighted by molar-refractivity contribution is 0.123. The highest BCUT2D eigenvalue weighted by Crippen LogP contribution is 2.35. The zero-order valence-corrected chi connectivity index (χ0v) is 14.1. The molecule has 1 heterocycles. The van der Waals surface area contributed by atoms with Crippen molar-refractivity contribution in [2.45, 2.75) is 45.6 Å². The molecule has 6 heteroatoms. The van der Waals surface area contributed by atoms with Gasteiger partial charge >= 0.3 is 5.63 Å². The Kier molecular flexibility index (Phi) is 6.49. The number of rotatable bonds is 9. The number of aromatic hydroxyl groups is 1. The fourth-order valence-electron chi connectivity index (χ4n) is 2.32. The number of hydrogen-bond acceptors (Lipinski definition) is 6. The third-order valence-electron chi connectivity index (χ3n) is 3.55. The summed E-state index contributed by atoms with van der Waals surface area (Å²) in [6.45, 7) is 4.10. The molecule has 0 saturated heterocycles. The Hall–Kier alpha value is -2.21. The number of aliphatic hydroxyl groups excluding tert-OH is 1. The molecular weight excluding hydrogens is 312 g/mol. The van der Waals surface area contributed by atoms with E-state index in [1.807, 2.05) is 0 Å². The van der Waals surface area contributed by atoms with Crippen molar-refractivity contribution in [3.8, 4) is 17.2 Å². The lowest BCUT2D eigenvalue weighted by Gasteiger charge is -2.12. The highest BCUT2D eigenvalue weighted by molar-refractivity contribution is 5.89. The second-order valence-electron chi connectivity index (χ2n) is 5.77. The number of aliphatic hydroxyl groups is 1. The first kappa shape index (κ1) is 18.1. The SMILES string of the molecule is CCCCCCOc1c(O)c2cccc(OCC(C)O)c2oc1=O. The van der Waals surface area contributed by atoms with Gasteiger partial charge in [-0.15, -0.1) is 0 Å². The van der Waals surface area contributed by atoms with Crippen LogP contribution in [0.4, 0.5) is 0 Å². The van der Waals surface area contributed by atoms with Crippen molar-refractivity contribution in [3.05, 3.63) is 28.6 Å². The Bertz CT molecular complexity index is 719. The van der Waals surface area contributed by atoms with Gasteiger partial charge in [-0.2, -0.15) is 0 Å². The van der Waals surface area contributed by atoms with Crippen molar-refractivity contribution in [3.63, 3.8) is 0 Å². The Balaban J connectivity index is 2.24. The Morgan fingerprint density at radius 2 is 2.00 bits per heavy atom. The number of fused-ring (bicyclic) bond motifs is 1. The quantitative estimate of drug-likeness (QED) is 0.540. The van der Waals surface area contributed by atoms with Crippen molar-refractivity contribution in [1.82, 2.24) is 0 Å². The molecule has 1 unspecified atom stereocenters. The van der Waals surface area contributed by atoms with Crippen LogP contribution >= 0.6 is 0 Å². The van der Waals surface area contributed by atoms with Crippen molar-refractivity contribution in [2.24, 2.45) is 0 Å². The highest BCUT2D eigenvalue weighted by Gasteiger charge is 2.18. The second-order valence-corrected chi connectivity index (χ2v) is 5.77. The molecule has 0 fully saturated rings. The van der Waals surface area contributed by atoms with Gasteiger partial charge in [0.05, 0.1) is 18.1 Å². The predicted octanol–water partition coefficient (Wildman–Crippen LogP) is 3.22. The Morgan fingerprint density at radius 1 is 1.21 bits per heavy atom. The maximum atomic E-state index is 12.1. The van der Waals surface area contributed by atoms with E-state index in [4.69, 9.17) is 13.9 Å². The molecule has 0 saturated carbocycles. The first-order chi connectivity index (χ1) is 11.5. The molecule has 6 nitrogen and oxygen atoms in total. The van der Waals surface area contributed by atoms with E-state index < -0.39 is 11.7 Å². The first-order valence-corrected chi connectivity index (χ1v) is 8.27. The van der Waals surface area contributed by atoms with Crippen LogP contribution in [0.3, 0.4) is 0 Å². The summed E-state index contributed by atoms with van der Waals surface area (Å²) >= 11 is 0. The molecule has 1 atom stereocenters. The summed E-state index contributed by atoms with van der Waals surface area (Å²) in [6, 6.07) is 4.90. The molecule has 2 rings (SSSR count). The minimum absolute atomic E-state index is 0.0548. The van der Waals surface area contributed by atoms with Crippen LogP contribution in [-0.4, -0.2) is 29.5 Å². The Labute approximate surface area is 140 Å². The Morgan fingerprint density at radius 3 is 2.71 bits per heavy atom. The molecule has 132 valence electrons. The van der Waals surface area contributed by atoms with E-state index in [9.17, 15) is 15.0 Å². The zero-order chi connectivity index (χ0) is 17.5. The van der Waals surface area contributed by atoms with Crippen LogP contribution < -0.4 is 15.1 Å². The lowest BCUT2D eigenvalue weighted by atomic mass is 10.2. The van der Waals surface area contributed by atoms with E-state index >= 15 is 0 Å². The van der Waals surface area contributed by atoms with Gasteiger partial charge in [0.1, 0.15) is 6.61 Å². The molecule has 0 spiro atoms. The smallest absolute Gasteiger partial charge is 0.383 e. The molecule has 0 bridgehead atoms. The molecule has 0 aliphatic carbocycles. The van der Waals surface area contributed by atoms with Gasteiger partial charge in [-0.1, -0.05) is 32.3 Å². The van der Waals surface area contributed by atoms with Crippen LogP contribution in [0.1, 0.15) is 39.5 Å². The average molecular weight is 336 g/mol. The summed E-state index contributed by atoms with van der Waals surface area (Å²) in [5, 5.41) is 20.0. The van der Waals surface area contributed by atoms with E-state index in [0.717, 1.165) is 25.7 Å². The molecule has 0 aliphatic heterocycles. The van der Waals surface area contributed by atoms with Crippen LogP contribution in [0.2, 0.25) is 0 Å². The minimum Gasteiger partial charge on any atom is -0.504 e. The van der Waals surface area contributed by atoms with Crippen LogP contribution in [0.5, 0.6) is 17.2 Å². The number of ether oxygens (including phenoxy) is 2. The molecular formula is C18H24O6. The van der Waals surface area contributed by atoms with Gasteiger partial charge in [-0.3, -0.25) is 0 Å². The van der Waals surface area contributed by atoms with E-state index in [0.29, 0.717) is 12.0 Å². The summed E-state index contributed by atoms with van der Waals surface area (Å²) in [6.07, 6.45) is 3.37. The van der Waals surface area contributed by atoms with Crippen molar-refractivity contribution in [1.29, 1.82) is 0 Å². The summed E-state index contributed by atoms with van der Waals surface area (Å²) in [7, 11) is 0. The highest BCUT2D eigenvalue weighted by atomic mass is 16.5. The summed E-state index contributed by atoms with van der Waals surface area (Å²) in [5.74, 6) is -0.138. The number of hydrogen-bond donors (Lipinski definition) is 2. The number of para-hydroxylation sites is 1. The average Bonchev–Trinajstić information content (AvgIpc) is 2.55. The van der Waals surface area contributed by atoms with Crippen LogP contribution in [0, 0.1) is 0 Å². The molecule has 2 N–H and O–H groups in total. The summed E-state index contributed by atoms with van der Waals surface area (Å²) in [4.78, 5) is 12.1. The van der Waals surface area contributed by atoms with E-state index in [1.54, 1.807) is 25.1 Å². The zero-order valence-electron chi connectivity index (χ0n) is 14.1. The van der Waals surface area contributed by atoms with Gasteiger partial charge in [0.15, 0.2) is 17.1 Å². The maximum Gasteiger partial charge on any atom is 0.383 e. The van der Waals surface area contributed by atoms with Gasteiger partial charge in [0, 0.05) is 0 Å². The van der Waals surface area contributed by atoms with Gasteiger partial charge in [0.25, 0.3) is 0 Å². The third kappa shape index (κ3) is 4.41. The summed E-state index contributed by atoms with van der Waals surface area (Å²) < 4.78 is 16.1. The molecule has 0 radical (unpaired) electrons. The monoisotopic (exact) mass is 336 g/mol. The molecule has 0 amide bonds. The van der Waals surface area contributed by atoms with Crippen LogP contribution in [0.25, 0.3) is 11.0 Å². The van der Waals surface area contributed by atoms with E-state index in [1.165, 1.54) is 0 Å². The standard InChI is InChI=1S/C18H24O6/c1-3-4-5-6-10-22-17-15(20)13-8-7-9-14(23-11-12(2)19)16(13)24-18(17)21/h7-9,12,19-20H,3-6,10-11H2,1-2H3.